The van der Waals surface area contributed by atoms with Crippen molar-refractivity contribution in [2.75, 3.05) is 11.9 Å². The van der Waals surface area contributed by atoms with Gasteiger partial charge in [-0.2, -0.15) is 0 Å². The van der Waals surface area contributed by atoms with Crippen molar-refractivity contribution in [3.8, 4) is 0 Å². The average molecular weight is 447 g/mol. The van der Waals surface area contributed by atoms with Crippen LogP contribution in [0.2, 0.25) is 5.02 Å². The third-order valence-electron chi connectivity index (χ3n) is 3.65. The number of benzene rings is 2. The Hall–Kier alpha value is -2.64. The topological polar surface area (TPSA) is 82.2 Å². The van der Waals surface area contributed by atoms with Gasteiger partial charge < -0.3 is 10.3 Å². The van der Waals surface area contributed by atoms with Crippen LogP contribution in [-0.4, -0.2) is 28.4 Å². The van der Waals surface area contributed by atoms with Crippen LogP contribution in [0.5, 0.6) is 0 Å². The molecule has 27 heavy (non-hydrogen) atoms. The van der Waals surface area contributed by atoms with Gasteiger partial charge in [0.05, 0.1) is 12.0 Å². The first-order valence-electron chi connectivity index (χ1n) is 8.22. The molecule has 0 saturated carbocycles. The Kier molecular flexibility index (Phi) is 6.62. The number of anilines is 1. The molecule has 0 aliphatic rings. The lowest BCUT2D eigenvalue weighted by Gasteiger charge is -2.13. The van der Waals surface area contributed by atoms with Crippen molar-refractivity contribution < 1.29 is 4.79 Å². The Morgan fingerprint density at radius 3 is 2.81 bits per heavy atom. The normalized spacial score (nSPS) is 11.3. The number of nitrogens with zero attached hydrogens (tertiary/aromatic N) is 2. The highest BCUT2D eigenvalue weighted by Gasteiger charge is 2.11. The maximum Gasteiger partial charge on any atom is 0.258 e. The number of hydrogen-bond donors (Lipinski definition) is 3. The monoisotopic (exact) mass is 445 g/mol. The van der Waals surface area contributed by atoms with E-state index in [-0.39, 0.29) is 5.91 Å². The third kappa shape index (κ3) is 5.67. The van der Waals surface area contributed by atoms with Crippen LogP contribution >= 0.6 is 27.5 Å². The fourth-order valence-corrected chi connectivity index (χ4v) is 2.89. The van der Waals surface area contributed by atoms with Gasteiger partial charge in [-0.25, -0.2) is 4.98 Å². The van der Waals surface area contributed by atoms with Gasteiger partial charge in [0.1, 0.15) is 0 Å². The second-order valence-corrected chi connectivity index (χ2v) is 6.92. The molecule has 0 bridgehead atoms. The predicted octanol–water partition coefficient (Wildman–Crippen LogP) is 4.27. The van der Waals surface area contributed by atoms with Crippen molar-refractivity contribution in [3.63, 3.8) is 0 Å². The Morgan fingerprint density at radius 2 is 2.07 bits per heavy atom. The third-order valence-corrected chi connectivity index (χ3v) is 4.58. The van der Waals surface area contributed by atoms with Crippen LogP contribution in [0.1, 0.15) is 16.1 Å². The lowest BCUT2D eigenvalue weighted by Crippen LogP contribution is -2.36. The van der Waals surface area contributed by atoms with Crippen molar-refractivity contribution in [2.24, 2.45) is 4.99 Å². The fourth-order valence-electron chi connectivity index (χ4n) is 2.32. The number of aromatic nitrogens is 2. The summed E-state index contributed by atoms with van der Waals surface area (Å²) in [5.41, 5.74) is 2.22. The fraction of sp³-hybridized carbons (Fsp3) is 0.105. The van der Waals surface area contributed by atoms with Gasteiger partial charge in [0, 0.05) is 39.9 Å². The van der Waals surface area contributed by atoms with E-state index in [1.165, 1.54) is 0 Å². The number of imidazole rings is 1. The van der Waals surface area contributed by atoms with Gasteiger partial charge in [-0.05, 0) is 46.3 Å². The molecule has 8 heteroatoms. The molecule has 0 fully saturated rings. The number of rotatable bonds is 5. The molecule has 0 saturated heterocycles. The van der Waals surface area contributed by atoms with Gasteiger partial charge in [0.25, 0.3) is 5.91 Å². The SMILES string of the molecule is O=C(NC(=NCCc1cnc[nH]1)Nc1ccccc1Br)c1cccc(Cl)c1. The van der Waals surface area contributed by atoms with Gasteiger partial charge in [-0.3, -0.25) is 15.1 Å². The minimum absolute atomic E-state index is 0.294. The van der Waals surface area contributed by atoms with E-state index in [1.807, 2.05) is 24.3 Å². The quantitative estimate of drug-likeness (QED) is 0.404. The first kappa shape index (κ1) is 19.1. The summed E-state index contributed by atoms with van der Waals surface area (Å²) >= 11 is 9.46. The first-order valence-corrected chi connectivity index (χ1v) is 9.39. The van der Waals surface area contributed by atoms with Crippen LogP contribution in [0.25, 0.3) is 0 Å². The van der Waals surface area contributed by atoms with E-state index < -0.39 is 0 Å². The number of carbonyl (C=O) groups excluding carboxylic acids is 1. The molecule has 138 valence electrons. The van der Waals surface area contributed by atoms with Gasteiger partial charge in [-0.15, -0.1) is 0 Å². The molecule has 2 aromatic carbocycles. The summed E-state index contributed by atoms with van der Waals surface area (Å²) in [6.07, 6.45) is 4.05. The number of guanidine groups is 1. The summed E-state index contributed by atoms with van der Waals surface area (Å²) in [6.45, 7) is 0.477. The molecule has 1 amide bonds. The Balaban J connectivity index is 1.75. The summed E-state index contributed by atoms with van der Waals surface area (Å²) < 4.78 is 0.864. The van der Waals surface area contributed by atoms with Gasteiger partial charge in [0.2, 0.25) is 5.96 Å². The van der Waals surface area contributed by atoms with Crippen LogP contribution in [0.3, 0.4) is 0 Å². The van der Waals surface area contributed by atoms with E-state index in [4.69, 9.17) is 11.6 Å². The van der Waals surface area contributed by atoms with E-state index >= 15 is 0 Å². The van der Waals surface area contributed by atoms with E-state index in [9.17, 15) is 4.79 Å². The van der Waals surface area contributed by atoms with Gasteiger partial charge in [-0.1, -0.05) is 29.8 Å². The van der Waals surface area contributed by atoms with Crippen molar-refractivity contribution in [1.29, 1.82) is 0 Å². The van der Waals surface area contributed by atoms with E-state index in [2.05, 4.69) is 41.5 Å². The van der Waals surface area contributed by atoms with Gasteiger partial charge >= 0.3 is 0 Å². The zero-order chi connectivity index (χ0) is 19.1. The highest BCUT2D eigenvalue weighted by Crippen LogP contribution is 2.21. The van der Waals surface area contributed by atoms with Crippen molar-refractivity contribution >= 4 is 45.1 Å². The second kappa shape index (κ2) is 9.34. The standard InChI is InChI=1S/C19H17BrClN5O/c20-16-6-1-2-7-17(16)25-19(23-9-8-15-11-22-12-24-15)26-18(27)13-4-3-5-14(21)10-13/h1-7,10-12H,8-9H2,(H,22,24)(H2,23,25,26,27). The number of para-hydroxylation sites is 1. The summed E-state index contributed by atoms with van der Waals surface area (Å²) in [5, 5.41) is 6.47. The molecule has 0 unspecified atom stereocenters. The largest absolute Gasteiger partial charge is 0.348 e. The highest BCUT2D eigenvalue weighted by atomic mass is 79.9. The summed E-state index contributed by atoms with van der Waals surface area (Å²) in [4.78, 5) is 24.1. The number of hydrogen-bond acceptors (Lipinski definition) is 3. The summed E-state index contributed by atoms with van der Waals surface area (Å²) in [5.74, 6) is 0.0590. The average Bonchev–Trinajstić information content (AvgIpc) is 3.17. The molecule has 6 nitrogen and oxygen atoms in total. The van der Waals surface area contributed by atoms with E-state index in [1.54, 1.807) is 36.8 Å². The molecule has 3 rings (SSSR count). The number of H-pyrrole nitrogens is 1. The molecule has 3 aromatic rings. The highest BCUT2D eigenvalue weighted by molar-refractivity contribution is 9.10. The minimum atomic E-state index is -0.294. The molecular formula is C19H17BrClN5O. The summed E-state index contributed by atoms with van der Waals surface area (Å²) in [6, 6.07) is 14.4. The molecular weight excluding hydrogens is 430 g/mol. The van der Waals surface area contributed by atoms with E-state index in [0.717, 1.165) is 15.9 Å². The molecule has 1 aromatic heterocycles. The zero-order valence-electron chi connectivity index (χ0n) is 14.2. The van der Waals surface area contributed by atoms with Crippen LogP contribution < -0.4 is 10.6 Å². The van der Waals surface area contributed by atoms with Crippen molar-refractivity contribution in [2.45, 2.75) is 6.42 Å². The lowest BCUT2D eigenvalue weighted by molar-refractivity contribution is 0.0977. The van der Waals surface area contributed by atoms with Crippen LogP contribution in [-0.2, 0) is 6.42 Å². The Labute approximate surface area is 170 Å². The number of carbonyl (C=O) groups is 1. The molecule has 0 atom stereocenters. The zero-order valence-corrected chi connectivity index (χ0v) is 16.6. The van der Waals surface area contributed by atoms with E-state index in [0.29, 0.717) is 29.5 Å². The number of halogens is 2. The number of amides is 1. The minimum Gasteiger partial charge on any atom is -0.348 e. The van der Waals surface area contributed by atoms with Crippen LogP contribution in [0.15, 0.2) is 70.5 Å². The molecule has 3 N–H and O–H groups in total. The number of aromatic amines is 1. The van der Waals surface area contributed by atoms with Crippen LogP contribution in [0, 0.1) is 0 Å². The Morgan fingerprint density at radius 1 is 1.22 bits per heavy atom. The summed E-state index contributed by atoms with van der Waals surface area (Å²) in [7, 11) is 0. The number of nitrogens with one attached hydrogen (secondary N) is 3. The van der Waals surface area contributed by atoms with Crippen LogP contribution in [0.4, 0.5) is 5.69 Å². The molecule has 1 heterocycles. The maximum atomic E-state index is 12.6. The van der Waals surface area contributed by atoms with Gasteiger partial charge in [0.15, 0.2) is 0 Å². The molecule has 0 aliphatic heterocycles. The van der Waals surface area contributed by atoms with Crippen molar-refractivity contribution in [3.05, 3.63) is 81.8 Å². The number of aliphatic imine (C=N–C) groups is 1. The predicted molar refractivity (Wildman–Crippen MR) is 111 cm³/mol. The molecule has 0 radical (unpaired) electrons. The lowest BCUT2D eigenvalue weighted by atomic mass is 10.2. The Bertz CT molecular complexity index is 943. The molecule has 0 spiro atoms. The van der Waals surface area contributed by atoms with Crippen molar-refractivity contribution in [1.82, 2.24) is 15.3 Å². The second-order valence-electron chi connectivity index (χ2n) is 5.63. The smallest absolute Gasteiger partial charge is 0.258 e. The molecule has 0 aliphatic carbocycles. The first-order chi connectivity index (χ1) is 13.1. The maximum absolute atomic E-state index is 12.6.